The molecule has 278 valence electrons. The van der Waals surface area contributed by atoms with Crippen LogP contribution in [0.25, 0.3) is 0 Å². The number of amides is 4. The number of carbonyl (C=O) groups is 5. The number of aliphatic carboxylic acids is 1. The summed E-state index contributed by atoms with van der Waals surface area (Å²) in [6, 6.07) is -2.43. The average Bonchev–Trinajstić information content (AvgIpc) is 3.39. The van der Waals surface area contributed by atoms with Crippen LogP contribution in [0.3, 0.4) is 0 Å². The highest BCUT2D eigenvalue weighted by molar-refractivity contribution is 7.99. The van der Waals surface area contributed by atoms with E-state index in [2.05, 4.69) is 16.1 Å². The highest BCUT2D eigenvalue weighted by atomic mass is 32.2. The van der Waals surface area contributed by atoms with E-state index in [-0.39, 0.29) is 30.8 Å². The number of fused-ring (bicyclic) bond motifs is 2. The Kier molecular flexibility index (Phi) is 11.4. The fourth-order valence-electron chi connectivity index (χ4n) is 9.01. The predicted molar refractivity (Wildman–Crippen MR) is 190 cm³/mol. The second-order valence-electron chi connectivity index (χ2n) is 16.5. The standard InChI is InChI=1S/C37H57N5O7S/c1-36(2,3)49-35(48)38-28-15-11-6-4-5-10-14-25-20-37(25,34(46)47)39-32(44)29-18-26(21-41(29)33(28)45)42-30(43)19-27(24-16-17-50-22-24)31(40-42)23-12-8-7-9-13-23/h19,23-26,28-29,31,40H,4-18,20-22H2,1-3H3,(H,38,48)(H,39,44)(H,46,47)/t24?,25-,26+,28-,29?,31?,37+/m1/s1. The molecule has 13 heteroatoms. The molecule has 3 saturated heterocycles. The molecule has 0 bridgehead atoms. The Hall–Kier alpha value is -2.80. The Morgan fingerprint density at radius 3 is 2.34 bits per heavy atom. The largest absolute Gasteiger partial charge is 0.479 e. The molecule has 0 spiro atoms. The maximum absolute atomic E-state index is 14.5. The first kappa shape index (κ1) is 37.0. The molecule has 0 aromatic carbocycles. The van der Waals surface area contributed by atoms with E-state index >= 15 is 0 Å². The van der Waals surface area contributed by atoms with Gasteiger partial charge in [-0.05, 0) is 94.1 Å². The Bertz CT molecular complexity index is 1340. The van der Waals surface area contributed by atoms with Crippen molar-refractivity contribution in [2.75, 3.05) is 18.1 Å². The molecular formula is C37H57N5O7S. The molecule has 4 heterocycles. The van der Waals surface area contributed by atoms with Crippen molar-refractivity contribution in [1.82, 2.24) is 26.0 Å². The third-order valence-corrected chi connectivity index (χ3v) is 12.9. The van der Waals surface area contributed by atoms with Crippen molar-refractivity contribution in [3.8, 4) is 0 Å². The lowest BCUT2D eigenvalue weighted by molar-refractivity contribution is -0.146. The summed E-state index contributed by atoms with van der Waals surface area (Å²) in [5, 5.41) is 17.6. The predicted octanol–water partition coefficient (Wildman–Crippen LogP) is 4.53. The van der Waals surface area contributed by atoms with Crippen LogP contribution in [0.2, 0.25) is 0 Å². The average molecular weight is 716 g/mol. The Balaban J connectivity index is 1.29. The maximum Gasteiger partial charge on any atom is 0.408 e. The minimum absolute atomic E-state index is 0.0170. The Morgan fingerprint density at radius 2 is 1.66 bits per heavy atom. The van der Waals surface area contributed by atoms with Gasteiger partial charge in [0.25, 0.3) is 5.91 Å². The number of carbonyl (C=O) groups excluding carboxylic acids is 4. The van der Waals surface area contributed by atoms with Crippen molar-refractivity contribution in [2.45, 2.75) is 152 Å². The monoisotopic (exact) mass is 715 g/mol. The lowest BCUT2D eigenvalue weighted by atomic mass is 9.77. The van der Waals surface area contributed by atoms with E-state index in [4.69, 9.17) is 4.74 Å². The van der Waals surface area contributed by atoms with Gasteiger partial charge < -0.3 is 25.4 Å². The summed E-state index contributed by atoms with van der Waals surface area (Å²) in [5.74, 6) is 0.535. The second-order valence-corrected chi connectivity index (χ2v) is 17.7. The number of nitrogens with zero attached hydrogens (tertiary/aromatic N) is 2. The number of ether oxygens (including phenoxy) is 1. The first-order valence-electron chi connectivity index (χ1n) is 19.1. The minimum Gasteiger partial charge on any atom is -0.479 e. The van der Waals surface area contributed by atoms with Gasteiger partial charge in [-0.1, -0.05) is 51.4 Å². The fourth-order valence-corrected chi connectivity index (χ4v) is 10.3. The molecule has 7 atom stereocenters. The van der Waals surface area contributed by atoms with Crippen LogP contribution in [0.15, 0.2) is 11.6 Å². The minimum atomic E-state index is -1.35. The van der Waals surface area contributed by atoms with Crippen molar-refractivity contribution in [2.24, 2.45) is 17.8 Å². The molecule has 0 aromatic rings. The van der Waals surface area contributed by atoms with Crippen LogP contribution in [0, 0.1) is 17.8 Å². The van der Waals surface area contributed by atoms with Crippen molar-refractivity contribution < 1.29 is 33.8 Å². The molecule has 50 heavy (non-hydrogen) atoms. The molecule has 2 aliphatic carbocycles. The number of alkyl carbamates (subject to hydrolysis) is 1. The van der Waals surface area contributed by atoms with E-state index in [1.165, 1.54) is 16.9 Å². The number of carboxylic acid groups (broad SMARTS) is 1. The summed E-state index contributed by atoms with van der Waals surface area (Å²) in [7, 11) is 0. The third kappa shape index (κ3) is 8.29. The number of thioether (sulfide) groups is 1. The maximum atomic E-state index is 14.5. The van der Waals surface area contributed by atoms with E-state index in [1.807, 2.05) is 17.8 Å². The van der Waals surface area contributed by atoms with Crippen molar-refractivity contribution in [3.05, 3.63) is 11.6 Å². The lowest BCUT2D eigenvalue weighted by Crippen LogP contribution is -2.60. The van der Waals surface area contributed by atoms with Gasteiger partial charge in [-0.3, -0.25) is 19.4 Å². The highest BCUT2D eigenvalue weighted by Crippen LogP contribution is 2.48. The molecule has 3 unspecified atom stereocenters. The number of carboxylic acids is 1. The first-order chi connectivity index (χ1) is 23.9. The summed E-state index contributed by atoms with van der Waals surface area (Å²) in [6.07, 6.45) is 13.8. The topological polar surface area (TPSA) is 157 Å². The Labute approximate surface area is 300 Å². The smallest absolute Gasteiger partial charge is 0.408 e. The van der Waals surface area contributed by atoms with Crippen molar-refractivity contribution in [1.29, 1.82) is 0 Å². The number of hydrogen-bond acceptors (Lipinski definition) is 8. The molecule has 2 saturated carbocycles. The third-order valence-electron chi connectivity index (χ3n) is 11.8. The molecule has 6 aliphatic rings. The highest BCUT2D eigenvalue weighted by Gasteiger charge is 2.62. The number of nitrogens with one attached hydrogen (secondary N) is 3. The first-order valence-corrected chi connectivity index (χ1v) is 20.3. The van der Waals surface area contributed by atoms with Gasteiger partial charge in [0.2, 0.25) is 11.8 Å². The normalized spacial score (nSPS) is 34.9. The van der Waals surface area contributed by atoms with Gasteiger partial charge in [-0.15, -0.1) is 0 Å². The zero-order valence-electron chi connectivity index (χ0n) is 30.0. The molecule has 12 nitrogen and oxygen atoms in total. The van der Waals surface area contributed by atoms with Crippen LogP contribution < -0.4 is 16.1 Å². The molecule has 6 rings (SSSR count). The van der Waals surface area contributed by atoms with E-state index in [0.29, 0.717) is 37.5 Å². The summed E-state index contributed by atoms with van der Waals surface area (Å²) < 4.78 is 5.52. The summed E-state index contributed by atoms with van der Waals surface area (Å²) in [4.78, 5) is 69.6. The SMILES string of the molecule is CC(C)(C)OC(=O)N[C@@H]1CCCCCCC[C@@H]2C[C@]2(C(=O)O)NC(=O)C2C[C@H](N3NC(C4CCCCC4)C(C4CCSC4)=CC3=O)CN2C1=O. The van der Waals surface area contributed by atoms with Gasteiger partial charge in [0.1, 0.15) is 23.2 Å². The van der Waals surface area contributed by atoms with Gasteiger partial charge in [-0.25, -0.2) is 15.0 Å². The van der Waals surface area contributed by atoms with Crippen molar-refractivity contribution in [3.63, 3.8) is 0 Å². The zero-order valence-corrected chi connectivity index (χ0v) is 30.9. The molecule has 4 amide bonds. The van der Waals surface area contributed by atoms with Crippen molar-refractivity contribution >= 4 is 41.5 Å². The lowest BCUT2D eigenvalue weighted by Gasteiger charge is -2.43. The molecule has 0 radical (unpaired) electrons. The molecule has 5 fully saturated rings. The van der Waals surface area contributed by atoms with Crippen LogP contribution in [0.4, 0.5) is 4.79 Å². The molecule has 0 aromatic heterocycles. The summed E-state index contributed by atoms with van der Waals surface area (Å²) in [6.45, 7) is 5.36. The van der Waals surface area contributed by atoms with E-state index in [1.54, 1.807) is 25.8 Å². The molecule has 4 N–H and O–H groups in total. The fraction of sp³-hybridized carbons (Fsp3) is 0.811. The summed E-state index contributed by atoms with van der Waals surface area (Å²) >= 11 is 1.93. The molecular weight excluding hydrogens is 659 g/mol. The van der Waals surface area contributed by atoms with E-state index in [0.717, 1.165) is 69.3 Å². The van der Waals surface area contributed by atoms with Crippen LogP contribution in [-0.2, 0) is 23.9 Å². The number of rotatable bonds is 5. The zero-order chi connectivity index (χ0) is 35.6. The second kappa shape index (κ2) is 15.4. The van der Waals surface area contributed by atoms with E-state index in [9.17, 15) is 29.1 Å². The summed E-state index contributed by atoms with van der Waals surface area (Å²) in [5.41, 5.74) is 2.72. The van der Waals surface area contributed by atoms with Gasteiger partial charge in [0.05, 0.1) is 12.1 Å². The number of hydrazine groups is 1. The molecule has 4 aliphatic heterocycles. The van der Waals surface area contributed by atoms with Gasteiger partial charge in [0.15, 0.2) is 0 Å². The van der Waals surface area contributed by atoms with Crippen LogP contribution in [0.5, 0.6) is 0 Å². The van der Waals surface area contributed by atoms with Crippen LogP contribution in [0.1, 0.15) is 117 Å². The van der Waals surface area contributed by atoms with Gasteiger partial charge in [-0.2, -0.15) is 11.8 Å². The number of hydrogen-bond donors (Lipinski definition) is 4. The Morgan fingerprint density at radius 1 is 0.980 bits per heavy atom. The van der Waals surface area contributed by atoms with Gasteiger partial charge >= 0.3 is 12.1 Å². The van der Waals surface area contributed by atoms with Gasteiger partial charge in [0, 0.05) is 19.0 Å². The quantitative estimate of drug-likeness (QED) is 0.321. The van der Waals surface area contributed by atoms with E-state index < -0.39 is 53.1 Å². The van der Waals surface area contributed by atoms with Crippen LogP contribution >= 0.6 is 11.8 Å². The van der Waals surface area contributed by atoms with Crippen LogP contribution in [-0.4, -0.2) is 98.2 Å².